The molecule has 0 unspecified atom stereocenters. The van der Waals surface area contributed by atoms with Crippen LogP contribution < -0.4 is 5.14 Å². The lowest BCUT2D eigenvalue weighted by Gasteiger charge is -2.06. The van der Waals surface area contributed by atoms with Gasteiger partial charge in [0.05, 0.1) is 10.5 Å². The third-order valence-electron chi connectivity index (χ3n) is 1.51. The Hall–Kier alpha value is -0.500. The van der Waals surface area contributed by atoms with E-state index in [2.05, 4.69) is 0 Å². The van der Waals surface area contributed by atoms with Crippen LogP contribution in [-0.4, -0.2) is 8.42 Å². The topological polar surface area (TPSA) is 60.2 Å². The van der Waals surface area contributed by atoms with Crippen LogP contribution in [0, 0.1) is 0 Å². The van der Waals surface area contributed by atoms with Crippen LogP contribution >= 0.6 is 24.8 Å². The Balaban J connectivity index is 0. The average Bonchev–Trinajstić information content (AvgIpc) is 2.01. The molecule has 0 heterocycles. The van der Waals surface area contributed by atoms with Gasteiger partial charge in [-0.2, -0.15) is 13.2 Å². The molecule has 0 aliphatic rings. The highest BCUT2D eigenvalue weighted by molar-refractivity contribution is 7.89. The molecule has 1 aromatic rings. The van der Waals surface area contributed by atoms with E-state index in [9.17, 15) is 21.6 Å². The third-order valence-corrected chi connectivity index (χ3v) is 2.44. The van der Waals surface area contributed by atoms with Gasteiger partial charge in [0.2, 0.25) is 10.0 Å². The molecule has 0 spiro atoms. The molecule has 1 aromatic carbocycles. The van der Waals surface area contributed by atoms with Crippen LogP contribution in [0.1, 0.15) is 5.56 Å². The number of hydrogen-bond acceptors (Lipinski definition) is 2. The van der Waals surface area contributed by atoms with Gasteiger partial charge in [-0.15, -0.1) is 24.8 Å². The summed E-state index contributed by atoms with van der Waals surface area (Å²) in [5, 5.41) is 4.71. The summed E-state index contributed by atoms with van der Waals surface area (Å²) in [4.78, 5) is -0.342. The van der Waals surface area contributed by atoms with Crippen molar-refractivity contribution in [1.29, 1.82) is 0 Å². The molecule has 0 fully saturated rings. The molecule has 0 aliphatic heterocycles. The van der Waals surface area contributed by atoms with Gasteiger partial charge in [-0.3, -0.25) is 0 Å². The van der Waals surface area contributed by atoms with Crippen LogP contribution in [0.4, 0.5) is 13.2 Å². The first-order valence-corrected chi connectivity index (χ1v) is 4.96. The van der Waals surface area contributed by atoms with Crippen LogP contribution in [0.3, 0.4) is 0 Å². The molecule has 0 aliphatic carbocycles. The highest BCUT2D eigenvalue weighted by Crippen LogP contribution is 2.29. The summed E-state index contributed by atoms with van der Waals surface area (Å²) in [6.45, 7) is 0. The lowest BCUT2D eigenvalue weighted by Crippen LogP contribution is -2.12. The van der Waals surface area contributed by atoms with Crippen molar-refractivity contribution in [1.82, 2.24) is 0 Å². The van der Waals surface area contributed by atoms with E-state index in [1.165, 1.54) is 0 Å². The molecule has 0 atom stereocenters. The molecule has 0 saturated carbocycles. The van der Waals surface area contributed by atoms with Crippen molar-refractivity contribution < 1.29 is 21.6 Å². The summed E-state index contributed by atoms with van der Waals surface area (Å²) in [5.41, 5.74) is -0.912. The first-order chi connectivity index (χ1) is 6.21. The van der Waals surface area contributed by atoms with Gasteiger partial charge in [-0.1, -0.05) is 0 Å². The average molecular weight is 298 g/mol. The number of nitrogens with two attached hydrogens (primary N) is 1. The van der Waals surface area contributed by atoms with Crippen LogP contribution in [-0.2, 0) is 16.2 Å². The van der Waals surface area contributed by atoms with Gasteiger partial charge < -0.3 is 0 Å². The summed E-state index contributed by atoms with van der Waals surface area (Å²) in [7, 11) is -3.93. The molecule has 0 saturated heterocycles. The second-order valence-electron chi connectivity index (χ2n) is 2.57. The summed E-state index contributed by atoms with van der Waals surface area (Å²) in [6, 6.07) is 2.97. The van der Waals surface area contributed by atoms with Gasteiger partial charge >= 0.3 is 6.18 Å². The molecular formula is C7H8Cl2F3NO2S. The molecule has 1 rings (SSSR count). The SMILES string of the molecule is Cl.Cl.NS(=O)(=O)c1ccc(C(F)(F)F)cc1. The van der Waals surface area contributed by atoms with Crippen molar-refractivity contribution in [3.63, 3.8) is 0 Å². The number of hydrogen-bond donors (Lipinski definition) is 1. The van der Waals surface area contributed by atoms with Crippen molar-refractivity contribution in [3.8, 4) is 0 Å². The number of rotatable bonds is 1. The maximum atomic E-state index is 12.0. The van der Waals surface area contributed by atoms with E-state index in [0.717, 1.165) is 12.1 Å². The van der Waals surface area contributed by atoms with Gasteiger partial charge in [0.25, 0.3) is 0 Å². The van der Waals surface area contributed by atoms with Crippen LogP contribution in [0.25, 0.3) is 0 Å². The lowest BCUT2D eigenvalue weighted by atomic mass is 10.2. The quantitative estimate of drug-likeness (QED) is 0.864. The fourth-order valence-electron chi connectivity index (χ4n) is 0.834. The standard InChI is InChI=1S/C7H6F3NO2S.2ClH/c8-7(9,10)5-1-3-6(4-2-5)14(11,12)13;;/h1-4H,(H2,11,12,13);2*1H. The van der Waals surface area contributed by atoms with E-state index < -0.39 is 21.8 Å². The van der Waals surface area contributed by atoms with Crippen molar-refractivity contribution in [2.24, 2.45) is 5.14 Å². The number of primary sulfonamides is 1. The van der Waals surface area contributed by atoms with Gasteiger partial charge in [0, 0.05) is 0 Å². The van der Waals surface area contributed by atoms with Crippen molar-refractivity contribution in [3.05, 3.63) is 29.8 Å². The minimum atomic E-state index is -4.48. The van der Waals surface area contributed by atoms with Crippen molar-refractivity contribution >= 4 is 34.8 Å². The summed E-state index contributed by atoms with van der Waals surface area (Å²) >= 11 is 0. The normalized spacial score (nSPS) is 11.2. The molecule has 16 heavy (non-hydrogen) atoms. The second-order valence-corrected chi connectivity index (χ2v) is 4.13. The second kappa shape index (κ2) is 5.72. The van der Waals surface area contributed by atoms with Gasteiger partial charge in [-0.05, 0) is 24.3 Å². The summed E-state index contributed by atoms with van der Waals surface area (Å²) in [5.74, 6) is 0. The molecule has 0 amide bonds. The molecule has 0 radical (unpaired) electrons. The zero-order chi connectivity index (χ0) is 11.0. The predicted octanol–water partition coefficient (Wildman–Crippen LogP) is 2.20. The molecule has 3 nitrogen and oxygen atoms in total. The third kappa shape index (κ3) is 4.56. The van der Waals surface area contributed by atoms with E-state index in [0.29, 0.717) is 12.1 Å². The Bertz CT molecular complexity index is 430. The maximum absolute atomic E-state index is 12.0. The zero-order valence-electron chi connectivity index (χ0n) is 7.56. The molecule has 94 valence electrons. The summed E-state index contributed by atoms with van der Waals surface area (Å²) in [6.07, 6.45) is -4.48. The minimum Gasteiger partial charge on any atom is -0.225 e. The highest BCUT2D eigenvalue weighted by Gasteiger charge is 2.30. The van der Waals surface area contributed by atoms with Gasteiger partial charge in [-0.25, -0.2) is 13.6 Å². The van der Waals surface area contributed by atoms with E-state index >= 15 is 0 Å². The molecule has 2 N–H and O–H groups in total. The first-order valence-electron chi connectivity index (χ1n) is 3.41. The molecule has 0 bridgehead atoms. The highest BCUT2D eigenvalue weighted by atomic mass is 35.5. The number of sulfonamides is 1. The van der Waals surface area contributed by atoms with Gasteiger partial charge in [0.15, 0.2) is 0 Å². The van der Waals surface area contributed by atoms with Gasteiger partial charge in [0.1, 0.15) is 0 Å². The fraction of sp³-hybridized carbons (Fsp3) is 0.143. The Morgan fingerprint density at radius 3 is 1.62 bits per heavy atom. The largest absolute Gasteiger partial charge is 0.416 e. The van der Waals surface area contributed by atoms with E-state index in [4.69, 9.17) is 5.14 Å². The maximum Gasteiger partial charge on any atom is 0.416 e. The molecule has 0 aromatic heterocycles. The molecular weight excluding hydrogens is 290 g/mol. The Kier molecular flexibility index (Phi) is 6.39. The van der Waals surface area contributed by atoms with Crippen molar-refractivity contribution in [2.75, 3.05) is 0 Å². The first kappa shape index (κ1) is 17.9. The van der Waals surface area contributed by atoms with Crippen LogP contribution in [0.15, 0.2) is 29.2 Å². The lowest BCUT2D eigenvalue weighted by molar-refractivity contribution is -0.137. The number of halogens is 5. The number of benzene rings is 1. The van der Waals surface area contributed by atoms with Crippen LogP contribution in [0.2, 0.25) is 0 Å². The monoisotopic (exact) mass is 297 g/mol. The van der Waals surface area contributed by atoms with Crippen molar-refractivity contribution in [2.45, 2.75) is 11.1 Å². The van der Waals surface area contributed by atoms with E-state index in [1.54, 1.807) is 0 Å². The zero-order valence-corrected chi connectivity index (χ0v) is 10.0. The Morgan fingerprint density at radius 1 is 1.00 bits per heavy atom. The predicted molar refractivity (Wildman–Crippen MR) is 57.3 cm³/mol. The fourth-order valence-corrected chi connectivity index (χ4v) is 1.35. The van der Waals surface area contributed by atoms with Crippen LogP contribution in [0.5, 0.6) is 0 Å². The van der Waals surface area contributed by atoms with E-state index in [1.807, 2.05) is 0 Å². The summed E-state index contributed by atoms with van der Waals surface area (Å²) < 4.78 is 57.5. The molecule has 9 heteroatoms. The number of alkyl halides is 3. The Labute approximate surface area is 103 Å². The smallest absolute Gasteiger partial charge is 0.225 e. The minimum absolute atomic E-state index is 0. The van der Waals surface area contributed by atoms with E-state index in [-0.39, 0.29) is 29.7 Å². The Morgan fingerprint density at radius 2 is 1.38 bits per heavy atom.